The van der Waals surface area contributed by atoms with Gasteiger partial charge in [0.05, 0.1) is 6.04 Å². The van der Waals surface area contributed by atoms with Gasteiger partial charge in [0.1, 0.15) is 12.1 Å². The highest BCUT2D eigenvalue weighted by molar-refractivity contribution is 5.92. The molecule has 27 heavy (non-hydrogen) atoms. The highest BCUT2D eigenvalue weighted by atomic mass is 16.4. The number of aliphatic carboxylic acids is 1. The second kappa shape index (κ2) is 9.50. The van der Waals surface area contributed by atoms with Gasteiger partial charge in [-0.2, -0.15) is 0 Å². The monoisotopic (exact) mass is 375 g/mol. The normalized spacial score (nSPS) is 19.0. The van der Waals surface area contributed by atoms with E-state index in [2.05, 4.69) is 5.32 Å². The van der Waals surface area contributed by atoms with Gasteiger partial charge in [-0.05, 0) is 37.2 Å². The van der Waals surface area contributed by atoms with Gasteiger partial charge in [0.2, 0.25) is 11.8 Å². The first kappa shape index (κ1) is 20.9. The Kier molecular flexibility index (Phi) is 7.36. The summed E-state index contributed by atoms with van der Waals surface area (Å²) in [5, 5.41) is 12.1. The van der Waals surface area contributed by atoms with E-state index in [4.69, 9.17) is 5.73 Å². The average molecular weight is 375 g/mol. The minimum Gasteiger partial charge on any atom is -0.480 e. The van der Waals surface area contributed by atoms with Gasteiger partial charge in [-0.1, -0.05) is 44.2 Å². The van der Waals surface area contributed by atoms with E-state index in [0.29, 0.717) is 32.2 Å². The molecule has 0 unspecified atom stereocenters. The van der Waals surface area contributed by atoms with E-state index in [1.165, 1.54) is 4.90 Å². The van der Waals surface area contributed by atoms with Crippen LogP contribution in [0.15, 0.2) is 30.3 Å². The standard InChI is InChI=1S/C20H29N3O4/c1-13(2)11-16(19(25)23-10-6-9-17(23)20(26)27)22-18(24)15(21)12-14-7-4-3-5-8-14/h3-5,7-8,13,15-17H,6,9-12,21H2,1-2H3,(H,22,24)(H,26,27)/t15-,16-,17+/m0/s1. The van der Waals surface area contributed by atoms with Gasteiger partial charge >= 0.3 is 5.97 Å². The van der Waals surface area contributed by atoms with Gasteiger partial charge in [0.15, 0.2) is 0 Å². The quantitative estimate of drug-likeness (QED) is 0.631. The van der Waals surface area contributed by atoms with Crippen LogP contribution in [0.3, 0.4) is 0 Å². The Morgan fingerprint density at radius 2 is 1.93 bits per heavy atom. The van der Waals surface area contributed by atoms with Crippen molar-refractivity contribution in [3.05, 3.63) is 35.9 Å². The number of nitrogens with zero attached hydrogens (tertiary/aromatic N) is 1. The van der Waals surface area contributed by atoms with Crippen LogP contribution >= 0.6 is 0 Å². The topological polar surface area (TPSA) is 113 Å². The molecule has 0 aliphatic carbocycles. The molecule has 1 aliphatic heterocycles. The molecule has 2 amide bonds. The zero-order chi connectivity index (χ0) is 20.0. The molecule has 7 heteroatoms. The number of nitrogens with two attached hydrogens (primary N) is 1. The average Bonchev–Trinajstić information content (AvgIpc) is 3.11. The fourth-order valence-electron chi connectivity index (χ4n) is 3.42. The molecule has 1 aromatic carbocycles. The van der Waals surface area contributed by atoms with Crippen molar-refractivity contribution in [2.75, 3.05) is 6.54 Å². The molecule has 148 valence electrons. The smallest absolute Gasteiger partial charge is 0.326 e. The maximum Gasteiger partial charge on any atom is 0.326 e. The maximum atomic E-state index is 12.9. The van der Waals surface area contributed by atoms with Crippen molar-refractivity contribution in [3.63, 3.8) is 0 Å². The number of benzene rings is 1. The van der Waals surface area contributed by atoms with E-state index in [0.717, 1.165) is 5.56 Å². The van der Waals surface area contributed by atoms with Crippen LogP contribution in [0.5, 0.6) is 0 Å². The molecular formula is C20H29N3O4. The maximum absolute atomic E-state index is 12.9. The molecule has 1 saturated heterocycles. The van der Waals surface area contributed by atoms with Crippen molar-refractivity contribution in [1.82, 2.24) is 10.2 Å². The Hall–Kier alpha value is -2.41. The zero-order valence-corrected chi connectivity index (χ0v) is 15.9. The van der Waals surface area contributed by atoms with Crippen LogP contribution in [-0.2, 0) is 20.8 Å². The molecule has 0 radical (unpaired) electrons. The summed E-state index contributed by atoms with van der Waals surface area (Å²) in [5.41, 5.74) is 6.97. The second-order valence-corrected chi connectivity index (χ2v) is 7.51. The molecule has 0 saturated carbocycles. The Labute approximate surface area is 159 Å². The van der Waals surface area contributed by atoms with Gasteiger partial charge in [-0.25, -0.2) is 4.79 Å². The predicted molar refractivity (Wildman–Crippen MR) is 102 cm³/mol. The third-order valence-electron chi connectivity index (χ3n) is 4.78. The van der Waals surface area contributed by atoms with Crippen molar-refractivity contribution >= 4 is 17.8 Å². The van der Waals surface area contributed by atoms with Gasteiger partial charge in [-0.3, -0.25) is 9.59 Å². The van der Waals surface area contributed by atoms with E-state index in [-0.39, 0.29) is 11.8 Å². The lowest BCUT2D eigenvalue weighted by molar-refractivity contribution is -0.149. The van der Waals surface area contributed by atoms with E-state index in [1.807, 2.05) is 44.2 Å². The number of nitrogens with one attached hydrogen (secondary N) is 1. The molecule has 0 aromatic heterocycles. The molecular weight excluding hydrogens is 346 g/mol. The summed E-state index contributed by atoms with van der Waals surface area (Å²) in [7, 11) is 0. The number of rotatable bonds is 8. The van der Waals surface area contributed by atoms with Crippen molar-refractivity contribution in [2.45, 2.75) is 57.7 Å². The molecule has 0 spiro atoms. The Balaban J connectivity index is 2.05. The molecule has 7 nitrogen and oxygen atoms in total. The molecule has 4 N–H and O–H groups in total. The van der Waals surface area contributed by atoms with E-state index < -0.39 is 30.0 Å². The summed E-state index contributed by atoms with van der Waals surface area (Å²) in [4.78, 5) is 38.2. The van der Waals surface area contributed by atoms with Gasteiger partial charge in [0, 0.05) is 6.54 Å². The van der Waals surface area contributed by atoms with Gasteiger partial charge < -0.3 is 21.1 Å². The summed E-state index contributed by atoms with van der Waals surface area (Å²) in [5.74, 6) is -1.58. The number of hydrogen-bond acceptors (Lipinski definition) is 4. The second-order valence-electron chi connectivity index (χ2n) is 7.51. The Morgan fingerprint density at radius 1 is 1.26 bits per heavy atom. The lowest BCUT2D eigenvalue weighted by Crippen LogP contribution is -2.55. The summed E-state index contributed by atoms with van der Waals surface area (Å²) in [6.45, 7) is 4.31. The largest absolute Gasteiger partial charge is 0.480 e. The van der Waals surface area contributed by atoms with Crippen molar-refractivity contribution < 1.29 is 19.5 Å². The van der Waals surface area contributed by atoms with Gasteiger partial charge in [0.25, 0.3) is 0 Å². The highest BCUT2D eigenvalue weighted by Crippen LogP contribution is 2.20. The number of likely N-dealkylation sites (tertiary alicyclic amines) is 1. The number of carboxylic acid groups (broad SMARTS) is 1. The number of carbonyl (C=O) groups is 3. The minimum atomic E-state index is -1.00. The van der Waals surface area contributed by atoms with Crippen molar-refractivity contribution in [2.24, 2.45) is 11.7 Å². The summed E-state index contributed by atoms with van der Waals surface area (Å²) >= 11 is 0. The van der Waals surface area contributed by atoms with Gasteiger partial charge in [-0.15, -0.1) is 0 Å². The SMILES string of the molecule is CC(C)C[C@H](NC(=O)[C@@H](N)Cc1ccccc1)C(=O)N1CCC[C@@H]1C(=O)O. The lowest BCUT2D eigenvalue weighted by atomic mass is 10.0. The Morgan fingerprint density at radius 3 is 2.52 bits per heavy atom. The molecule has 1 aliphatic rings. The van der Waals surface area contributed by atoms with Crippen LogP contribution in [0.1, 0.15) is 38.7 Å². The zero-order valence-electron chi connectivity index (χ0n) is 15.9. The van der Waals surface area contributed by atoms with Crippen LogP contribution < -0.4 is 11.1 Å². The van der Waals surface area contributed by atoms with Crippen LogP contribution in [0.25, 0.3) is 0 Å². The third kappa shape index (κ3) is 5.79. The molecule has 1 heterocycles. The first-order valence-corrected chi connectivity index (χ1v) is 9.42. The summed E-state index contributed by atoms with van der Waals surface area (Å²) in [6.07, 6.45) is 1.90. The van der Waals surface area contributed by atoms with E-state index in [1.54, 1.807) is 0 Å². The summed E-state index contributed by atoms with van der Waals surface area (Å²) in [6, 6.07) is 7.08. The first-order chi connectivity index (χ1) is 12.8. The molecule has 3 atom stereocenters. The molecule has 1 fully saturated rings. The fraction of sp³-hybridized carbons (Fsp3) is 0.550. The number of hydrogen-bond donors (Lipinski definition) is 3. The van der Waals surface area contributed by atoms with E-state index >= 15 is 0 Å². The lowest BCUT2D eigenvalue weighted by Gasteiger charge is -2.29. The minimum absolute atomic E-state index is 0.162. The van der Waals surface area contributed by atoms with Crippen LogP contribution in [0.2, 0.25) is 0 Å². The fourth-order valence-corrected chi connectivity index (χ4v) is 3.42. The van der Waals surface area contributed by atoms with E-state index in [9.17, 15) is 19.5 Å². The van der Waals surface area contributed by atoms with Crippen LogP contribution in [-0.4, -0.2) is 52.5 Å². The number of carbonyl (C=O) groups excluding carboxylic acids is 2. The number of amides is 2. The highest BCUT2D eigenvalue weighted by Gasteiger charge is 2.38. The Bertz CT molecular complexity index is 662. The molecule has 1 aromatic rings. The first-order valence-electron chi connectivity index (χ1n) is 9.42. The van der Waals surface area contributed by atoms with Crippen LogP contribution in [0, 0.1) is 5.92 Å². The predicted octanol–water partition coefficient (Wildman–Crippen LogP) is 1.16. The van der Waals surface area contributed by atoms with Crippen molar-refractivity contribution in [3.8, 4) is 0 Å². The number of carboxylic acids is 1. The third-order valence-corrected chi connectivity index (χ3v) is 4.78. The van der Waals surface area contributed by atoms with Crippen molar-refractivity contribution in [1.29, 1.82) is 0 Å². The molecule has 0 bridgehead atoms. The van der Waals surface area contributed by atoms with Crippen LogP contribution in [0.4, 0.5) is 0 Å². The molecule has 2 rings (SSSR count). The summed E-state index contributed by atoms with van der Waals surface area (Å²) < 4.78 is 0.